The number of hydrogen-bond donors (Lipinski definition) is 1. The fraction of sp³-hybridized carbons (Fsp3) is 0.636. The largest absolute Gasteiger partial charge is 0.337 e. The first kappa shape index (κ1) is 10.4. The second kappa shape index (κ2) is 5.07. The van der Waals surface area contributed by atoms with Crippen molar-refractivity contribution in [1.82, 2.24) is 15.3 Å². The lowest BCUT2D eigenvalue weighted by Crippen LogP contribution is -2.38. The predicted octanol–water partition coefficient (Wildman–Crippen LogP) is 1.05. The van der Waals surface area contributed by atoms with Crippen molar-refractivity contribution in [1.29, 1.82) is 0 Å². The maximum atomic E-state index is 4.31. The molecule has 2 rings (SSSR count). The average Bonchev–Trinajstić information content (AvgIpc) is 2.75. The van der Waals surface area contributed by atoms with Gasteiger partial charge in [-0.15, -0.1) is 0 Å². The van der Waals surface area contributed by atoms with E-state index in [-0.39, 0.29) is 0 Å². The van der Waals surface area contributed by atoms with E-state index in [1.165, 1.54) is 12.8 Å². The molecule has 0 aliphatic carbocycles. The number of aromatic nitrogens is 2. The topological polar surface area (TPSA) is 41.0 Å². The zero-order valence-corrected chi connectivity index (χ0v) is 9.19. The predicted molar refractivity (Wildman–Crippen MR) is 60.9 cm³/mol. The molecule has 82 valence electrons. The van der Waals surface area contributed by atoms with E-state index in [4.69, 9.17) is 0 Å². The van der Waals surface area contributed by atoms with Gasteiger partial charge in [0.1, 0.15) is 0 Å². The third-order valence-corrected chi connectivity index (χ3v) is 2.82. The van der Waals surface area contributed by atoms with Crippen LogP contribution in [0.15, 0.2) is 18.5 Å². The van der Waals surface area contributed by atoms with Gasteiger partial charge in [0.05, 0.1) is 0 Å². The first-order valence-electron chi connectivity index (χ1n) is 5.66. The molecule has 2 heterocycles. The molecule has 0 radical (unpaired) electrons. The molecule has 1 aliphatic rings. The zero-order chi connectivity index (χ0) is 10.5. The van der Waals surface area contributed by atoms with E-state index < -0.39 is 0 Å². The Kier molecular flexibility index (Phi) is 3.50. The van der Waals surface area contributed by atoms with E-state index >= 15 is 0 Å². The highest BCUT2D eigenvalue weighted by Crippen LogP contribution is 2.20. The summed E-state index contributed by atoms with van der Waals surface area (Å²) >= 11 is 0. The molecule has 0 saturated carbocycles. The van der Waals surface area contributed by atoms with E-state index in [9.17, 15) is 0 Å². The molecule has 0 amide bonds. The summed E-state index contributed by atoms with van der Waals surface area (Å²) in [4.78, 5) is 10.9. The molecule has 15 heavy (non-hydrogen) atoms. The highest BCUT2D eigenvalue weighted by atomic mass is 15.3. The summed E-state index contributed by atoms with van der Waals surface area (Å²) in [7, 11) is 0. The van der Waals surface area contributed by atoms with Gasteiger partial charge in [0.2, 0.25) is 5.95 Å². The van der Waals surface area contributed by atoms with Crippen molar-refractivity contribution in [2.45, 2.75) is 25.8 Å². The molecule has 1 N–H and O–H groups in total. The number of nitrogens with zero attached hydrogens (tertiary/aromatic N) is 3. The molecule has 0 aromatic carbocycles. The standard InChI is InChI=1S/C11H18N4/c1-2-12-9-10-5-3-8-15(10)11-13-6-4-7-14-11/h4,6-7,10,12H,2-3,5,8-9H2,1H3. The van der Waals surface area contributed by atoms with Crippen LogP contribution in [0.3, 0.4) is 0 Å². The molecule has 4 nitrogen and oxygen atoms in total. The van der Waals surface area contributed by atoms with Crippen molar-refractivity contribution < 1.29 is 0 Å². The molecule has 0 bridgehead atoms. The Morgan fingerprint density at radius 3 is 3.00 bits per heavy atom. The van der Waals surface area contributed by atoms with Crippen LogP contribution in [0.1, 0.15) is 19.8 Å². The van der Waals surface area contributed by atoms with Gasteiger partial charge in [-0.1, -0.05) is 6.92 Å². The van der Waals surface area contributed by atoms with E-state index in [1.54, 1.807) is 0 Å². The van der Waals surface area contributed by atoms with Gasteiger partial charge in [-0.3, -0.25) is 0 Å². The molecule has 1 aromatic rings. The molecule has 1 unspecified atom stereocenters. The fourth-order valence-electron chi connectivity index (χ4n) is 2.06. The Bertz CT molecular complexity index is 288. The van der Waals surface area contributed by atoms with Crippen LogP contribution in [0.2, 0.25) is 0 Å². The summed E-state index contributed by atoms with van der Waals surface area (Å²) in [6, 6.07) is 2.42. The van der Waals surface area contributed by atoms with E-state index in [1.807, 2.05) is 18.5 Å². The maximum Gasteiger partial charge on any atom is 0.225 e. The van der Waals surface area contributed by atoms with Gasteiger partial charge >= 0.3 is 0 Å². The van der Waals surface area contributed by atoms with Crippen molar-refractivity contribution in [2.75, 3.05) is 24.5 Å². The Morgan fingerprint density at radius 1 is 1.47 bits per heavy atom. The molecular weight excluding hydrogens is 188 g/mol. The van der Waals surface area contributed by atoms with Crippen molar-refractivity contribution in [3.05, 3.63) is 18.5 Å². The number of anilines is 1. The van der Waals surface area contributed by atoms with Crippen molar-refractivity contribution in [3.63, 3.8) is 0 Å². The fourth-order valence-corrected chi connectivity index (χ4v) is 2.06. The van der Waals surface area contributed by atoms with Crippen molar-refractivity contribution in [3.8, 4) is 0 Å². The molecule has 1 atom stereocenters. The summed E-state index contributed by atoms with van der Waals surface area (Å²) in [5.41, 5.74) is 0. The summed E-state index contributed by atoms with van der Waals surface area (Å²) in [5.74, 6) is 0.873. The smallest absolute Gasteiger partial charge is 0.225 e. The number of rotatable bonds is 4. The van der Waals surface area contributed by atoms with Crippen LogP contribution in [0.4, 0.5) is 5.95 Å². The van der Waals surface area contributed by atoms with Gasteiger partial charge in [0, 0.05) is 31.5 Å². The van der Waals surface area contributed by atoms with E-state index in [0.29, 0.717) is 6.04 Å². The SMILES string of the molecule is CCNCC1CCCN1c1ncccn1. The Labute approximate surface area is 90.7 Å². The third-order valence-electron chi connectivity index (χ3n) is 2.82. The molecule has 1 aromatic heterocycles. The molecule has 4 heteroatoms. The van der Waals surface area contributed by atoms with Gasteiger partial charge < -0.3 is 10.2 Å². The van der Waals surface area contributed by atoms with E-state index in [2.05, 4.69) is 27.1 Å². The highest BCUT2D eigenvalue weighted by molar-refractivity contribution is 5.32. The van der Waals surface area contributed by atoms with Crippen molar-refractivity contribution in [2.24, 2.45) is 0 Å². The number of nitrogens with one attached hydrogen (secondary N) is 1. The summed E-state index contributed by atoms with van der Waals surface area (Å²) in [6.07, 6.45) is 6.11. The lowest BCUT2D eigenvalue weighted by atomic mass is 10.2. The minimum absolute atomic E-state index is 0.562. The lowest BCUT2D eigenvalue weighted by molar-refractivity contribution is 0.581. The molecule has 1 aliphatic heterocycles. The van der Waals surface area contributed by atoms with Crippen LogP contribution in [0, 0.1) is 0 Å². The van der Waals surface area contributed by atoms with Crippen LogP contribution in [0.5, 0.6) is 0 Å². The average molecular weight is 206 g/mol. The monoisotopic (exact) mass is 206 g/mol. The highest BCUT2D eigenvalue weighted by Gasteiger charge is 2.25. The quantitative estimate of drug-likeness (QED) is 0.799. The molecule has 1 fully saturated rings. The molecular formula is C11H18N4. The minimum atomic E-state index is 0.562. The lowest BCUT2D eigenvalue weighted by Gasteiger charge is -2.24. The number of hydrogen-bond acceptors (Lipinski definition) is 4. The van der Waals surface area contributed by atoms with Gasteiger partial charge in [0.15, 0.2) is 0 Å². The van der Waals surface area contributed by atoms with Crippen LogP contribution >= 0.6 is 0 Å². The minimum Gasteiger partial charge on any atom is -0.337 e. The Balaban J connectivity index is 2.01. The van der Waals surface area contributed by atoms with Crippen LogP contribution in [-0.2, 0) is 0 Å². The van der Waals surface area contributed by atoms with Crippen LogP contribution < -0.4 is 10.2 Å². The maximum absolute atomic E-state index is 4.31. The molecule has 1 saturated heterocycles. The van der Waals surface area contributed by atoms with Crippen molar-refractivity contribution >= 4 is 5.95 Å². The zero-order valence-electron chi connectivity index (χ0n) is 9.19. The summed E-state index contributed by atoms with van der Waals surface area (Å²) in [5, 5.41) is 3.39. The summed E-state index contributed by atoms with van der Waals surface area (Å²) in [6.45, 7) is 5.28. The Hall–Kier alpha value is -1.16. The second-order valence-corrected chi connectivity index (χ2v) is 3.85. The summed E-state index contributed by atoms with van der Waals surface area (Å²) < 4.78 is 0. The first-order valence-corrected chi connectivity index (χ1v) is 5.66. The van der Waals surface area contributed by atoms with E-state index in [0.717, 1.165) is 25.6 Å². The number of likely N-dealkylation sites (N-methyl/N-ethyl adjacent to an activating group) is 1. The van der Waals surface area contributed by atoms with Crippen LogP contribution in [-0.4, -0.2) is 35.6 Å². The van der Waals surface area contributed by atoms with Crippen LogP contribution in [0.25, 0.3) is 0 Å². The van der Waals surface area contributed by atoms with Gasteiger partial charge in [0.25, 0.3) is 0 Å². The van der Waals surface area contributed by atoms with Gasteiger partial charge in [-0.05, 0) is 25.5 Å². The second-order valence-electron chi connectivity index (χ2n) is 3.85. The first-order chi connectivity index (χ1) is 7.42. The molecule has 0 spiro atoms. The third kappa shape index (κ3) is 2.45. The Morgan fingerprint density at radius 2 is 2.27 bits per heavy atom. The normalized spacial score (nSPS) is 20.9. The van der Waals surface area contributed by atoms with Gasteiger partial charge in [-0.25, -0.2) is 9.97 Å². The van der Waals surface area contributed by atoms with Gasteiger partial charge in [-0.2, -0.15) is 0 Å².